The first kappa shape index (κ1) is 10.2. The lowest BCUT2D eigenvalue weighted by molar-refractivity contribution is 0.204. The second-order valence-electron chi connectivity index (χ2n) is 3.74. The first-order valence-corrected chi connectivity index (χ1v) is 5.12. The minimum absolute atomic E-state index is 0.0967. The molecule has 4 nitrogen and oxygen atoms in total. The van der Waals surface area contributed by atoms with Crippen LogP contribution < -0.4 is 9.47 Å². The molecule has 2 heterocycles. The average molecular weight is 209 g/mol. The minimum Gasteiger partial charge on any atom is -0.485 e. The van der Waals surface area contributed by atoms with Gasteiger partial charge in [0.15, 0.2) is 5.75 Å². The molecule has 0 amide bonds. The monoisotopic (exact) mass is 209 g/mol. The molecule has 0 radical (unpaired) electrons. The number of ether oxygens (including phenoxy) is 3. The number of hydrogen-bond donors (Lipinski definition) is 0. The van der Waals surface area contributed by atoms with E-state index in [0.717, 1.165) is 6.61 Å². The zero-order valence-corrected chi connectivity index (χ0v) is 8.97. The zero-order valence-electron chi connectivity index (χ0n) is 8.97. The van der Waals surface area contributed by atoms with Crippen LogP contribution in [0.4, 0.5) is 0 Å². The van der Waals surface area contributed by atoms with Gasteiger partial charge in [-0.2, -0.15) is 0 Å². The lowest BCUT2D eigenvalue weighted by Crippen LogP contribution is -2.10. The number of hydrogen-bond acceptors (Lipinski definition) is 4. The summed E-state index contributed by atoms with van der Waals surface area (Å²) in [6, 6.07) is 3.68. The molecule has 0 saturated carbocycles. The smallest absolute Gasteiger partial charge is 0.257 e. The van der Waals surface area contributed by atoms with Crippen molar-refractivity contribution in [3.8, 4) is 11.6 Å². The SMILES string of the molecule is CC(C)Oc1ncccc1OCC1CO1. The van der Waals surface area contributed by atoms with E-state index in [9.17, 15) is 0 Å². The van der Waals surface area contributed by atoms with Crippen LogP contribution in [0.1, 0.15) is 13.8 Å². The van der Waals surface area contributed by atoms with E-state index < -0.39 is 0 Å². The minimum atomic E-state index is 0.0967. The third kappa shape index (κ3) is 3.09. The van der Waals surface area contributed by atoms with Gasteiger partial charge in [-0.25, -0.2) is 4.98 Å². The largest absolute Gasteiger partial charge is 0.485 e. The van der Waals surface area contributed by atoms with E-state index in [-0.39, 0.29) is 12.2 Å². The molecule has 1 aliphatic rings. The number of aromatic nitrogens is 1. The molecular weight excluding hydrogens is 194 g/mol. The van der Waals surface area contributed by atoms with Gasteiger partial charge in [0.05, 0.1) is 12.7 Å². The highest BCUT2D eigenvalue weighted by Crippen LogP contribution is 2.25. The van der Waals surface area contributed by atoms with Crippen molar-refractivity contribution in [1.82, 2.24) is 4.98 Å². The van der Waals surface area contributed by atoms with Gasteiger partial charge in [-0.3, -0.25) is 0 Å². The van der Waals surface area contributed by atoms with E-state index in [1.165, 1.54) is 0 Å². The summed E-state index contributed by atoms with van der Waals surface area (Å²) in [5.41, 5.74) is 0. The van der Waals surface area contributed by atoms with Crippen molar-refractivity contribution < 1.29 is 14.2 Å². The Morgan fingerprint density at radius 2 is 2.40 bits per heavy atom. The highest BCUT2D eigenvalue weighted by Gasteiger charge is 2.23. The van der Waals surface area contributed by atoms with Gasteiger partial charge >= 0.3 is 0 Å². The molecule has 1 aromatic rings. The Kier molecular flexibility index (Phi) is 3.06. The normalized spacial score (nSPS) is 19.0. The maximum Gasteiger partial charge on any atom is 0.257 e. The van der Waals surface area contributed by atoms with Crippen molar-refractivity contribution in [3.63, 3.8) is 0 Å². The Morgan fingerprint density at radius 3 is 3.07 bits per heavy atom. The Labute approximate surface area is 89.2 Å². The van der Waals surface area contributed by atoms with Gasteiger partial charge < -0.3 is 14.2 Å². The molecule has 1 fully saturated rings. The van der Waals surface area contributed by atoms with Crippen molar-refractivity contribution in [2.75, 3.05) is 13.2 Å². The van der Waals surface area contributed by atoms with Crippen LogP contribution in [-0.4, -0.2) is 30.4 Å². The number of pyridine rings is 1. The van der Waals surface area contributed by atoms with E-state index >= 15 is 0 Å². The first-order chi connectivity index (χ1) is 7.25. The van der Waals surface area contributed by atoms with E-state index in [4.69, 9.17) is 14.2 Å². The average Bonchev–Trinajstić information content (AvgIpc) is 2.99. The lowest BCUT2D eigenvalue weighted by Gasteiger charge is -2.12. The Balaban J connectivity index is 1.99. The van der Waals surface area contributed by atoms with Crippen LogP contribution in [-0.2, 0) is 4.74 Å². The van der Waals surface area contributed by atoms with Crippen molar-refractivity contribution in [1.29, 1.82) is 0 Å². The van der Waals surface area contributed by atoms with Crippen molar-refractivity contribution >= 4 is 0 Å². The topological polar surface area (TPSA) is 43.9 Å². The predicted molar refractivity (Wildman–Crippen MR) is 55.2 cm³/mol. The lowest BCUT2D eigenvalue weighted by atomic mass is 10.4. The zero-order chi connectivity index (χ0) is 10.7. The van der Waals surface area contributed by atoms with Gasteiger partial charge in [-0.15, -0.1) is 0 Å². The molecule has 1 aromatic heterocycles. The van der Waals surface area contributed by atoms with Crippen LogP contribution in [0.2, 0.25) is 0 Å². The van der Waals surface area contributed by atoms with Crippen LogP contribution >= 0.6 is 0 Å². The molecular formula is C11H15NO3. The van der Waals surface area contributed by atoms with E-state index in [1.54, 1.807) is 6.20 Å². The third-order valence-corrected chi connectivity index (χ3v) is 1.91. The Bertz CT molecular complexity index is 323. The summed E-state index contributed by atoms with van der Waals surface area (Å²) in [5, 5.41) is 0. The molecule has 1 atom stereocenters. The van der Waals surface area contributed by atoms with Gasteiger partial charge in [-0.1, -0.05) is 0 Å². The number of nitrogens with zero attached hydrogens (tertiary/aromatic N) is 1. The van der Waals surface area contributed by atoms with E-state index in [2.05, 4.69) is 4.98 Å². The summed E-state index contributed by atoms with van der Waals surface area (Å²) in [5.74, 6) is 1.23. The fourth-order valence-corrected chi connectivity index (χ4v) is 1.14. The highest BCUT2D eigenvalue weighted by molar-refractivity contribution is 5.32. The van der Waals surface area contributed by atoms with Crippen LogP contribution in [0.25, 0.3) is 0 Å². The molecule has 0 aromatic carbocycles. The molecule has 0 aliphatic carbocycles. The van der Waals surface area contributed by atoms with Crippen LogP contribution in [0.15, 0.2) is 18.3 Å². The van der Waals surface area contributed by atoms with E-state index in [1.807, 2.05) is 26.0 Å². The van der Waals surface area contributed by atoms with Crippen molar-refractivity contribution in [3.05, 3.63) is 18.3 Å². The van der Waals surface area contributed by atoms with Crippen LogP contribution in [0.5, 0.6) is 11.6 Å². The van der Waals surface area contributed by atoms with Gasteiger partial charge in [-0.05, 0) is 26.0 Å². The van der Waals surface area contributed by atoms with Crippen molar-refractivity contribution in [2.24, 2.45) is 0 Å². The highest BCUT2D eigenvalue weighted by atomic mass is 16.6. The van der Waals surface area contributed by atoms with Gasteiger partial charge in [0, 0.05) is 6.20 Å². The quantitative estimate of drug-likeness (QED) is 0.691. The fraction of sp³-hybridized carbons (Fsp3) is 0.545. The van der Waals surface area contributed by atoms with Crippen LogP contribution in [0, 0.1) is 0 Å². The second-order valence-corrected chi connectivity index (χ2v) is 3.74. The van der Waals surface area contributed by atoms with Crippen LogP contribution in [0.3, 0.4) is 0 Å². The summed E-state index contributed by atoms with van der Waals surface area (Å²) in [6.07, 6.45) is 2.04. The fourth-order valence-electron chi connectivity index (χ4n) is 1.14. The van der Waals surface area contributed by atoms with Gasteiger partial charge in [0.2, 0.25) is 0 Å². The molecule has 15 heavy (non-hydrogen) atoms. The van der Waals surface area contributed by atoms with E-state index in [0.29, 0.717) is 18.2 Å². The maximum atomic E-state index is 5.55. The second kappa shape index (κ2) is 4.49. The third-order valence-electron chi connectivity index (χ3n) is 1.91. The number of rotatable bonds is 5. The number of epoxide rings is 1. The molecule has 1 aliphatic heterocycles. The molecule has 82 valence electrons. The summed E-state index contributed by atoms with van der Waals surface area (Å²) in [4.78, 5) is 4.13. The Hall–Kier alpha value is -1.29. The Morgan fingerprint density at radius 1 is 1.60 bits per heavy atom. The molecule has 0 N–H and O–H groups in total. The molecule has 2 rings (SSSR count). The van der Waals surface area contributed by atoms with Gasteiger partial charge in [0.25, 0.3) is 5.88 Å². The summed E-state index contributed by atoms with van der Waals surface area (Å²) in [6.45, 7) is 5.28. The van der Waals surface area contributed by atoms with Crippen molar-refractivity contribution in [2.45, 2.75) is 26.1 Å². The molecule has 0 spiro atoms. The van der Waals surface area contributed by atoms with Gasteiger partial charge in [0.1, 0.15) is 12.7 Å². The molecule has 1 unspecified atom stereocenters. The first-order valence-electron chi connectivity index (χ1n) is 5.12. The molecule has 1 saturated heterocycles. The maximum absolute atomic E-state index is 5.55. The summed E-state index contributed by atoms with van der Waals surface area (Å²) >= 11 is 0. The summed E-state index contributed by atoms with van der Waals surface area (Å²) < 4.78 is 16.1. The summed E-state index contributed by atoms with van der Waals surface area (Å²) in [7, 11) is 0. The molecule has 0 bridgehead atoms. The standard InChI is InChI=1S/C11H15NO3/c1-8(2)15-11-10(4-3-5-12-11)14-7-9-6-13-9/h3-5,8-9H,6-7H2,1-2H3. The molecule has 4 heteroatoms. The predicted octanol–water partition coefficient (Wildman–Crippen LogP) is 1.65.